The van der Waals surface area contributed by atoms with E-state index in [4.69, 9.17) is 25.2 Å². The van der Waals surface area contributed by atoms with Crippen LogP contribution in [0.3, 0.4) is 0 Å². The summed E-state index contributed by atoms with van der Waals surface area (Å²) >= 11 is 5.87. The molecule has 0 aromatic heterocycles. The highest BCUT2D eigenvalue weighted by Crippen LogP contribution is 2.51. The average molecular weight is 279 g/mol. The third-order valence-corrected chi connectivity index (χ3v) is 4.38. The van der Waals surface area contributed by atoms with Crippen molar-refractivity contribution in [3.8, 4) is 5.75 Å². The van der Waals surface area contributed by atoms with Crippen LogP contribution in [-0.2, 0) is 13.8 Å². The first-order valence-electron chi connectivity index (χ1n) is 5.26. The first-order valence-corrected chi connectivity index (χ1v) is 7.79. The second kappa shape index (κ2) is 7.02. The Hall–Kier alpha value is -0.540. The van der Waals surface area contributed by atoms with Gasteiger partial charge in [0, 0.05) is 6.61 Å². The van der Waals surface area contributed by atoms with Crippen molar-refractivity contribution in [1.82, 2.24) is 0 Å². The quantitative estimate of drug-likeness (QED) is 0.568. The molecule has 1 aromatic carbocycles. The minimum Gasteiger partial charge on any atom is -0.497 e. The van der Waals surface area contributed by atoms with Crippen molar-refractivity contribution in [2.45, 2.75) is 6.92 Å². The maximum atomic E-state index is 12.0. The molecule has 1 aromatic rings. The van der Waals surface area contributed by atoms with Crippen molar-refractivity contribution in [2.75, 3.05) is 26.9 Å². The van der Waals surface area contributed by atoms with Gasteiger partial charge in [-0.25, -0.2) is 0 Å². The van der Waals surface area contributed by atoms with E-state index in [2.05, 4.69) is 0 Å². The summed E-state index contributed by atoms with van der Waals surface area (Å²) in [6, 6.07) is 6.65. The Morgan fingerprint density at radius 1 is 1.24 bits per heavy atom. The molecular formula is C11H16ClO4P. The standard InChI is InChI=1S/C11H16ClO4P/c1-3-15-8-9-16-17(12,13)11-6-4-10(14-2)5-7-11/h4-7H,3,8-9H2,1-2H3. The second-order valence-corrected chi connectivity index (χ2v) is 6.28. The fourth-order valence-electron chi connectivity index (χ4n) is 1.19. The molecule has 0 N–H and O–H groups in total. The van der Waals surface area contributed by atoms with Crippen LogP contribution in [0.15, 0.2) is 24.3 Å². The predicted octanol–water partition coefficient (Wildman–Crippen LogP) is 2.81. The molecule has 0 saturated heterocycles. The molecule has 6 heteroatoms. The van der Waals surface area contributed by atoms with Crippen LogP contribution in [0, 0.1) is 0 Å². The van der Waals surface area contributed by atoms with Crippen LogP contribution in [-0.4, -0.2) is 26.9 Å². The molecule has 1 unspecified atom stereocenters. The van der Waals surface area contributed by atoms with Crippen LogP contribution in [0.5, 0.6) is 5.75 Å². The van der Waals surface area contributed by atoms with E-state index < -0.39 is 6.72 Å². The van der Waals surface area contributed by atoms with E-state index in [9.17, 15) is 4.57 Å². The van der Waals surface area contributed by atoms with Gasteiger partial charge in [-0.1, -0.05) is 0 Å². The van der Waals surface area contributed by atoms with Gasteiger partial charge < -0.3 is 14.0 Å². The van der Waals surface area contributed by atoms with Gasteiger partial charge in [0.15, 0.2) is 0 Å². The largest absolute Gasteiger partial charge is 0.497 e. The van der Waals surface area contributed by atoms with Crippen molar-refractivity contribution in [3.05, 3.63) is 24.3 Å². The third kappa shape index (κ3) is 4.68. The maximum Gasteiger partial charge on any atom is 0.319 e. The number of halogens is 1. The van der Waals surface area contributed by atoms with Crippen LogP contribution in [0.4, 0.5) is 0 Å². The highest BCUT2D eigenvalue weighted by Gasteiger charge is 2.22. The molecule has 0 aliphatic heterocycles. The normalized spacial score (nSPS) is 14.3. The van der Waals surface area contributed by atoms with Gasteiger partial charge in [0.1, 0.15) is 5.75 Å². The molecule has 1 rings (SSSR count). The number of hydrogen-bond acceptors (Lipinski definition) is 4. The average Bonchev–Trinajstić information content (AvgIpc) is 2.35. The summed E-state index contributed by atoms with van der Waals surface area (Å²) in [5.74, 6) is 0.680. The molecule has 0 radical (unpaired) electrons. The SMILES string of the molecule is CCOCCOP(=O)(Cl)c1ccc(OC)cc1. The van der Waals surface area contributed by atoms with E-state index >= 15 is 0 Å². The third-order valence-electron chi connectivity index (χ3n) is 2.07. The summed E-state index contributed by atoms with van der Waals surface area (Å²) in [5, 5.41) is 0.455. The monoisotopic (exact) mass is 278 g/mol. The molecule has 0 aliphatic rings. The van der Waals surface area contributed by atoms with Gasteiger partial charge >= 0.3 is 6.72 Å². The van der Waals surface area contributed by atoms with Gasteiger partial charge in [-0.05, 0) is 42.4 Å². The number of ether oxygens (including phenoxy) is 2. The lowest BCUT2D eigenvalue weighted by Gasteiger charge is -2.12. The van der Waals surface area contributed by atoms with Crippen LogP contribution in [0.2, 0.25) is 0 Å². The lowest BCUT2D eigenvalue weighted by atomic mass is 10.3. The van der Waals surface area contributed by atoms with E-state index in [0.29, 0.717) is 24.3 Å². The van der Waals surface area contributed by atoms with Crippen molar-refractivity contribution in [3.63, 3.8) is 0 Å². The summed E-state index contributed by atoms with van der Waals surface area (Å²) < 4.78 is 27.2. The van der Waals surface area contributed by atoms with Crippen molar-refractivity contribution < 1.29 is 18.6 Å². The van der Waals surface area contributed by atoms with E-state index in [-0.39, 0.29) is 6.61 Å². The number of benzene rings is 1. The molecule has 0 saturated carbocycles. The zero-order chi connectivity index (χ0) is 12.7. The predicted molar refractivity (Wildman–Crippen MR) is 68.5 cm³/mol. The summed E-state index contributed by atoms with van der Waals surface area (Å²) in [7, 11) is 1.56. The van der Waals surface area contributed by atoms with E-state index in [1.807, 2.05) is 6.92 Å². The van der Waals surface area contributed by atoms with Gasteiger partial charge in [0.25, 0.3) is 0 Å². The Bertz CT molecular complexity index is 380. The molecular weight excluding hydrogens is 263 g/mol. The number of methoxy groups -OCH3 is 1. The molecule has 0 fully saturated rings. The lowest BCUT2D eigenvalue weighted by molar-refractivity contribution is 0.113. The van der Waals surface area contributed by atoms with Crippen LogP contribution in [0.1, 0.15) is 6.92 Å². The molecule has 0 heterocycles. The molecule has 0 amide bonds. The zero-order valence-corrected chi connectivity index (χ0v) is 11.5. The summed E-state index contributed by atoms with van der Waals surface area (Å²) in [4.78, 5) is 0. The molecule has 0 aliphatic carbocycles. The summed E-state index contributed by atoms with van der Waals surface area (Å²) in [6.07, 6.45) is 0. The minimum absolute atomic E-state index is 0.209. The molecule has 4 nitrogen and oxygen atoms in total. The first-order chi connectivity index (χ1) is 8.10. The Labute approximate surface area is 106 Å². The Kier molecular flexibility index (Phi) is 6.00. The highest BCUT2D eigenvalue weighted by atomic mass is 35.7. The van der Waals surface area contributed by atoms with Crippen LogP contribution in [0.25, 0.3) is 0 Å². The highest BCUT2D eigenvalue weighted by molar-refractivity contribution is 7.91. The van der Waals surface area contributed by atoms with Gasteiger partial charge in [-0.3, -0.25) is 4.57 Å². The number of rotatable bonds is 7. The zero-order valence-electron chi connectivity index (χ0n) is 9.89. The van der Waals surface area contributed by atoms with Crippen molar-refractivity contribution >= 4 is 23.3 Å². The first kappa shape index (κ1) is 14.5. The smallest absolute Gasteiger partial charge is 0.319 e. The Morgan fingerprint density at radius 2 is 1.88 bits per heavy atom. The lowest BCUT2D eigenvalue weighted by Crippen LogP contribution is -2.07. The number of hydrogen-bond donors (Lipinski definition) is 0. The van der Waals surface area contributed by atoms with Crippen LogP contribution < -0.4 is 10.0 Å². The van der Waals surface area contributed by atoms with E-state index in [1.54, 1.807) is 31.4 Å². The van der Waals surface area contributed by atoms with Crippen LogP contribution >= 0.6 is 18.0 Å². The summed E-state index contributed by atoms with van der Waals surface area (Å²) in [6.45, 7) is -0.217. The topological polar surface area (TPSA) is 44.8 Å². The van der Waals surface area contributed by atoms with Gasteiger partial charge in [-0.15, -0.1) is 0 Å². The van der Waals surface area contributed by atoms with E-state index in [1.165, 1.54) is 0 Å². The fourth-order valence-corrected chi connectivity index (χ4v) is 2.70. The molecule has 1 atom stereocenters. The summed E-state index contributed by atoms with van der Waals surface area (Å²) in [5.41, 5.74) is 0. The van der Waals surface area contributed by atoms with E-state index in [0.717, 1.165) is 0 Å². The minimum atomic E-state index is -3.28. The van der Waals surface area contributed by atoms with Gasteiger partial charge in [0.05, 0.1) is 25.6 Å². The molecule has 96 valence electrons. The molecule has 0 spiro atoms. The van der Waals surface area contributed by atoms with Gasteiger partial charge in [0.2, 0.25) is 0 Å². The van der Waals surface area contributed by atoms with Crippen molar-refractivity contribution in [1.29, 1.82) is 0 Å². The Morgan fingerprint density at radius 3 is 2.41 bits per heavy atom. The van der Waals surface area contributed by atoms with Gasteiger partial charge in [-0.2, -0.15) is 0 Å². The maximum absolute atomic E-state index is 12.0. The second-order valence-electron chi connectivity index (χ2n) is 3.21. The fraction of sp³-hybridized carbons (Fsp3) is 0.455. The molecule has 0 bridgehead atoms. The van der Waals surface area contributed by atoms with Crippen molar-refractivity contribution in [2.24, 2.45) is 0 Å². The Balaban J connectivity index is 2.58. The molecule has 17 heavy (non-hydrogen) atoms.